The van der Waals surface area contributed by atoms with E-state index in [-0.39, 0.29) is 0 Å². The average Bonchev–Trinajstić information content (AvgIpc) is 2.53. The number of hydrogen-bond acceptors (Lipinski definition) is 0. The number of allylic oxidation sites excluding steroid dienone is 4. The van der Waals surface area contributed by atoms with Crippen molar-refractivity contribution in [2.45, 2.75) is 46.0 Å². The van der Waals surface area contributed by atoms with E-state index in [9.17, 15) is 0 Å². The van der Waals surface area contributed by atoms with Gasteiger partial charge in [0.1, 0.15) is 0 Å². The molecular weight excluding hydrogens is 252 g/mol. The maximum Gasteiger partial charge on any atom is -0.0178 e. The van der Waals surface area contributed by atoms with E-state index in [2.05, 4.69) is 74.5 Å². The standard InChI is InChI=1S/C21H26/c1-3-4-5-6-7-8-9-12-18(2)20-16-15-19-13-10-11-14-21(19)17-20/h4-5,10-17H,3,6-9H2,1-2H3/b5-4+,18-12-. The summed E-state index contributed by atoms with van der Waals surface area (Å²) in [7, 11) is 0. The number of fused-ring (bicyclic) bond motifs is 1. The van der Waals surface area contributed by atoms with Crippen molar-refractivity contribution in [2.24, 2.45) is 0 Å². The Morgan fingerprint density at radius 3 is 2.48 bits per heavy atom. The van der Waals surface area contributed by atoms with Crippen molar-refractivity contribution in [1.82, 2.24) is 0 Å². The molecule has 2 aromatic carbocycles. The molecule has 0 radical (unpaired) electrons. The van der Waals surface area contributed by atoms with E-state index in [0.717, 1.165) is 6.42 Å². The Morgan fingerprint density at radius 1 is 0.905 bits per heavy atom. The maximum atomic E-state index is 2.38. The summed E-state index contributed by atoms with van der Waals surface area (Å²) in [6, 6.07) is 15.3. The molecule has 0 amide bonds. The monoisotopic (exact) mass is 278 g/mol. The molecule has 0 fully saturated rings. The molecule has 0 unspecified atom stereocenters. The van der Waals surface area contributed by atoms with Crippen LogP contribution in [0, 0.1) is 0 Å². The Labute approximate surface area is 129 Å². The van der Waals surface area contributed by atoms with Crippen molar-refractivity contribution in [3.63, 3.8) is 0 Å². The second-order valence-electron chi connectivity index (χ2n) is 5.61. The molecule has 0 spiro atoms. The quantitative estimate of drug-likeness (QED) is 0.387. The number of rotatable bonds is 7. The van der Waals surface area contributed by atoms with Gasteiger partial charge >= 0.3 is 0 Å². The van der Waals surface area contributed by atoms with Gasteiger partial charge in [-0.05, 0) is 67.0 Å². The van der Waals surface area contributed by atoms with Crippen LogP contribution in [-0.4, -0.2) is 0 Å². The van der Waals surface area contributed by atoms with Crippen molar-refractivity contribution < 1.29 is 0 Å². The topological polar surface area (TPSA) is 0 Å². The summed E-state index contributed by atoms with van der Waals surface area (Å²) in [5, 5.41) is 2.64. The second kappa shape index (κ2) is 8.46. The van der Waals surface area contributed by atoms with Gasteiger partial charge < -0.3 is 0 Å². The van der Waals surface area contributed by atoms with E-state index in [1.165, 1.54) is 47.6 Å². The summed E-state index contributed by atoms with van der Waals surface area (Å²) >= 11 is 0. The largest absolute Gasteiger partial charge is 0.0888 e. The Balaban J connectivity index is 1.90. The van der Waals surface area contributed by atoms with Crippen LogP contribution in [0.25, 0.3) is 16.3 Å². The number of hydrogen-bond donors (Lipinski definition) is 0. The molecule has 0 aliphatic heterocycles. The van der Waals surface area contributed by atoms with Crippen LogP contribution in [0.4, 0.5) is 0 Å². The van der Waals surface area contributed by atoms with Crippen molar-refractivity contribution in [3.05, 3.63) is 66.3 Å². The molecule has 110 valence electrons. The van der Waals surface area contributed by atoms with Gasteiger partial charge in [-0.15, -0.1) is 0 Å². The van der Waals surface area contributed by atoms with Crippen LogP contribution in [0.1, 0.15) is 51.5 Å². The van der Waals surface area contributed by atoms with Crippen LogP contribution in [0.5, 0.6) is 0 Å². The summed E-state index contributed by atoms with van der Waals surface area (Å²) in [5.41, 5.74) is 2.74. The van der Waals surface area contributed by atoms with E-state index in [1.54, 1.807) is 0 Å². The van der Waals surface area contributed by atoms with Gasteiger partial charge in [-0.2, -0.15) is 0 Å². The van der Waals surface area contributed by atoms with Crippen LogP contribution < -0.4 is 0 Å². The van der Waals surface area contributed by atoms with Gasteiger partial charge in [-0.25, -0.2) is 0 Å². The fourth-order valence-electron chi connectivity index (χ4n) is 2.56. The van der Waals surface area contributed by atoms with Crippen molar-refractivity contribution >= 4 is 16.3 Å². The Morgan fingerprint density at radius 2 is 1.67 bits per heavy atom. The van der Waals surface area contributed by atoms with Gasteiger partial charge in [-0.1, -0.05) is 61.5 Å². The highest BCUT2D eigenvalue weighted by Gasteiger charge is 1.98. The van der Waals surface area contributed by atoms with Crippen LogP contribution in [0.3, 0.4) is 0 Å². The van der Waals surface area contributed by atoms with Gasteiger partial charge in [-0.3, -0.25) is 0 Å². The molecular formula is C21H26. The Bertz CT molecular complexity index is 617. The van der Waals surface area contributed by atoms with Gasteiger partial charge in [0.05, 0.1) is 0 Å². The van der Waals surface area contributed by atoms with Crippen LogP contribution in [0.15, 0.2) is 60.7 Å². The highest BCUT2D eigenvalue weighted by Crippen LogP contribution is 2.21. The predicted molar refractivity (Wildman–Crippen MR) is 95.5 cm³/mol. The van der Waals surface area contributed by atoms with Crippen LogP contribution >= 0.6 is 0 Å². The lowest BCUT2D eigenvalue weighted by Gasteiger charge is -2.04. The summed E-state index contributed by atoms with van der Waals surface area (Å²) in [4.78, 5) is 0. The van der Waals surface area contributed by atoms with Crippen LogP contribution in [0.2, 0.25) is 0 Å². The van der Waals surface area contributed by atoms with E-state index in [1.807, 2.05) is 0 Å². The lowest BCUT2D eigenvalue weighted by atomic mass is 10.0. The third-order valence-electron chi connectivity index (χ3n) is 3.88. The first-order valence-corrected chi connectivity index (χ1v) is 8.12. The molecule has 0 aliphatic carbocycles. The summed E-state index contributed by atoms with van der Waals surface area (Å²) in [6.07, 6.45) is 13.1. The molecule has 2 rings (SSSR count). The van der Waals surface area contributed by atoms with E-state index < -0.39 is 0 Å². The molecule has 0 aliphatic rings. The molecule has 0 heteroatoms. The van der Waals surface area contributed by atoms with E-state index >= 15 is 0 Å². The smallest absolute Gasteiger partial charge is 0.0178 e. The SMILES string of the molecule is CC/C=C/CCCC/C=C(/C)c1ccc2ccccc2c1. The molecule has 0 nitrogen and oxygen atoms in total. The fraction of sp³-hybridized carbons (Fsp3) is 0.333. The minimum absolute atomic E-state index is 1.15. The first-order chi connectivity index (χ1) is 10.3. The van der Waals surface area contributed by atoms with Gasteiger partial charge in [0, 0.05) is 0 Å². The molecule has 21 heavy (non-hydrogen) atoms. The fourth-order valence-corrected chi connectivity index (χ4v) is 2.56. The normalized spacial score (nSPS) is 12.4. The second-order valence-corrected chi connectivity index (χ2v) is 5.61. The summed E-state index contributed by atoms with van der Waals surface area (Å²) < 4.78 is 0. The predicted octanol–water partition coefficient (Wildman–Crippen LogP) is 6.77. The highest BCUT2D eigenvalue weighted by atomic mass is 14.0. The lowest BCUT2D eigenvalue weighted by Crippen LogP contribution is -1.82. The highest BCUT2D eigenvalue weighted by molar-refractivity contribution is 5.86. The zero-order chi connectivity index (χ0) is 14.9. The molecule has 2 aromatic rings. The molecule has 0 aromatic heterocycles. The average molecular weight is 278 g/mol. The zero-order valence-electron chi connectivity index (χ0n) is 13.3. The molecule has 0 saturated carbocycles. The first kappa shape index (κ1) is 15.6. The number of unbranched alkanes of at least 4 members (excludes halogenated alkanes) is 3. The molecule has 0 heterocycles. The first-order valence-electron chi connectivity index (χ1n) is 8.12. The van der Waals surface area contributed by atoms with Gasteiger partial charge in [0.15, 0.2) is 0 Å². The maximum absolute atomic E-state index is 2.38. The minimum Gasteiger partial charge on any atom is -0.0888 e. The zero-order valence-corrected chi connectivity index (χ0v) is 13.3. The Hall–Kier alpha value is -1.82. The Kier molecular flexibility index (Phi) is 6.27. The van der Waals surface area contributed by atoms with Crippen molar-refractivity contribution in [1.29, 1.82) is 0 Å². The molecule has 0 saturated heterocycles. The third-order valence-corrected chi connectivity index (χ3v) is 3.88. The van der Waals surface area contributed by atoms with Gasteiger partial charge in [0.2, 0.25) is 0 Å². The summed E-state index contributed by atoms with van der Waals surface area (Å²) in [6.45, 7) is 4.41. The van der Waals surface area contributed by atoms with Gasteiger partial charge in [0.25, 0.3) is 0 Å². The van der Waals surface area contributed by atoms with Crippen molar-refractivity contribution in [2.75, 3.05) is 0 Å². The van der Waals surface area contributed by atoms with E-state index in [0.29, 0.717) is 0 Å². The molecule has 0 atom stereocenters. The number of benzene rings is 2. The minimum atomic E-state index is 1.15. The lowest BCUT2D eigenvalue weighted by molar-refractivity contribution is 0.761. The van der Waals surface area contributed by atoms with Crippen molar-refractivity contribution in [3.8, 4) is 0 Å². The van der Waals surface area contributed by atoms with E-state index in [4.69, 9.17) is 0 Å². The van der Waals surface area contributed by atoms with Crippen LogP contribution in [-0.2, 0) is 0 Å². The molecule has 0 bridgehead atoms. The molecule has 0 N–H and O–H groups in total. The summed E-state index contributed by atoms with van der Waals surface area (Å²) in [5.74, 6) is 0. The third kappa shape index (κ3) is 4.90.